The molecule has 0 atom stereocenters. The van der Waals surface area contributed by atoms with Crippen molar-refractivity contribution in [2.75, 3.05) is 0 Å². The van der Waals surface area contributed by atoms with Crippen molar-refractivity contribution in [3.63, 3.8) is 0 Å². The van der Waals surface area contributed by atoms with E-state index in [9.17, 15) is 0 Å². The molecule has 0 aromatic carbocycles. The molecule has 8 heavy (non-hydrogen) atoms. The van der Waals surface area contributed by atoms with E-state index in [4.69, 9.17) is 0 Å². The second kappa shape index (κ2) is 256. The van der Waals surface area contributed by atoms with Gasteiger partial charge in [0, 0.05) is 0 Å². The molecule has 0 N–H and O–H groups in total. The summed E-state index contributed by atoms with van der Waals surface area (Å²) in [6.45, 7) is 0. The quantitative estimate of drug-likeness (QED) is 0.344. The first-order valence-corrected chi connectivity index (χ1v) is 0. The van der Waals surface area contributed by atoms with Crippen molar-refractivity contribution in [3.05, 3.63) is 0 Å². The van der Waals surface area contributed by atoms with E-state index in [1.54, 1.807) is 0 Å². The molecule has 0 unspecified atom stereocenters. The fourth-order valence-corrected chi connectivity index (χ4v) is 0. The Morgan fingerprint density at radius 3 is 0.250 bits per heavy atom. The Morgan fingerprint density at radius 1 is 0.250 bits per heavy atom. The number of rotatable bonds is 0. The Morgan fingerprint density at radius 2 is 0.250 bits per heavy atom. The normalized spacial score (nSPS) is 0. The van der Waals surface area contributed by atoms with Crippen molar-refractivity contribution in [1.82, 2.24) is 0 Å². The van der Waals surface area contributed by atoms with E-state index in [0.717, 1.165) is 0 Å². The van der Waals surface area contributed by atoms with Crippen molar-refractivity contribution in [3.8, 4) is 0 Å². The smallest absolute Gasteiger partial charge is 1.00 e. The molecular formula is F6Sc2. The van der Waals surface area contributed by atoms with E-state index in [-0.39, 0.29) is 79.9 Å². The van der Waals surface area contributed by atoms with Crippen LogP contribution in [0.3, 0.4) is 0 Å². The van der Waals surface area contributed by atoms with Crippen molar-refractivity contribution in [1.29, 1.82) is 0 Å². The third-order valence-electron chi connectivity index (χ3n) is 0. The standard InChI is InChI=1S/6FH.2Sc/h6*1H;;/q;;;;;;2*+3/p-6. The SMILES string of the molecule is [F-].[F-].[F-].[F-].[F-].[F-].[Sc+3].[Sc+3]. The molecule has 0 aliphatic carbocycles. The van der Waals surface area contributed by atoms with Crippen LogP contribution in [0.5, 0.6) is 0 Å². The van der Waals surface area contributed by atoms with Gasteiger partial charge in [0.1, 0.15) is 0 Å². The molecule has 0 aliphatic rings. The summed E-state index contributed by atoms with van der Waals surface area (Å²) in [6, 6.07) is 0. The predicted molar refractivity (Wildman–Crippen MR) is 0 cm³/mol. The summed E-state index contributed by atoms with van der Waals surface area (Å²) in [7, 11) is 0. The van der Waals surface area contributed by atoms with Crippen LogP contribution in [0.4, 0.5) is 0 Å². The van der Waals surface area contributed by atoms with Crippen LogP contribution >= 0.6 is 0 Å². The Hall–Kier alpha value is 1.32. The Balaban J connectivity index is 0. The Bertz CT molecular complexity index is 6.49. The van der Waals surface area contributed by atoms with Gasteiger partial charge in [-0.1, -0.05) is 0 Å². The first-order valence-electron chi connectivity index (χ1n) is 0. The van der Waals surface area contributed by atoms with E-state index >= 15 is 0 Å². The molecule has 0 nitrogen and oxygen atoms in total. The van der Waals surface area contributed by atoms with Gasteiger partial charge in [0.2, 0.25) is 0 Å². The topological polar surface area (TPSA) is 0 Å². The van der Waals surface area contributed by atoms with Crippen LogP contribution < -0.4 is 28.2 Å². The van der Waals surface area contributed by atoms with E-state index < -0.39 is 0 Å². The van der Waals surface area contributed by atoms with Gasteiger partial charge in [-0.2, -0.15) is 0 Å². The molecule has 0 aromatic heterocycles. The largest absolute Gasteiger partial charge is 3.00 e. The minimum atomic E-state index is 0. The average molecular weight is 204 g/mol. The van der Waals surface area contributed by atoms with Gasteiger partial charge in [0.05, 0.1) is 0 Å². The number of hydrogen-bond donors (Lipinski definition) is 0. The van der Waals surface area contributed by atoms with E-state index in [1.807, 2.05) is 0 Å². The first kappa shape index (κ1) is 370. The summed E-state index contributed by atoms with van der Waals surface area (Å²) in [5.41, 5.74) is 0. The van der Waals surface area contributed by atoms with Crippen molar-refractivity contribution in [2.45, 2.75) is 0 Å². The van der Waals surface area contributed by atoms with Crippen LogP contribution in [0, 0.1) is 0 Å². The van der Waals surface area contributed by atoms with Crippen LogP contribution in [0.15, 0.2) is 0 Å². The second-order valence-corrected chi connectivity index (χ2v) is 0. The van der Waals surface area contributed by atoms with Gasteiger partial charge in [-0.05, 0) is 0 Å². The molecule has 0 rings (SSSR count). The molecular weight excluding hydrogens is 204 g/mol. The van der Waals surface area contributed by atoms with Crippen LogP contribution in [-0.4, -0.2) is 0 Å². The van der Waals surface area contributed by atoms with Gasteiger partial charge < -0.3 is 28.2 Å². The van der Waals surface area contributed by atoms with Crippen LogP contribution in [0.2, 0.25) is 0 Å². The molecule has 0 saturated heterocycles. The average Bonchev–Trinajstić information content (AvgIpc) is 0. The van der Waals surface area contributed by atoms with Gasteiger partial charge >= 0.3 is 51.7 Å². The zero-order chi connectivity index (χ0) is 0. The van der Waals surface area contributed by atoms with Crippen LogP contribution in [0.1, 0.15) is 0 Å². The summed E-state index contributed by atoms with van der Waals surface area (Å²) in [5, 5.41) is 0. The third kappa shape index (κ3) is 168. The van der Waals surface area contributed by atoms with Crippen molar-refractivity contribution < 1.29 is 79.9 Å². The maximum Gasteiger partial charge on any atom is 3.00 e. The van der Waals surface area contributed by atoms with Crippen molar-refractivity contribution in [2.24, 2.45) is 0 Å². The molecule has 0 spiro atoms. The number of hydrogen-bond acceptors (Lipinski definition) is 0. The molecule has 0 fully saturated rings. The minimum Gasteiger partial charge on any atom is -1.00 e. The summed E-state index contributed by atoms with van der Waals surface area (Å²) in [4.78, 5) is 0. The molecule has 0 bridgehead atoms. The van der Waals surface area contributed by atoms with E-state index in [1.165, 1.54) is 0 Å². The molecule has 0 heterocycles. The summed E-state index contributed by atoms with van der Waals surface area (Å²) in [5.74, 6) is 0. The number of halogens is 6. The zero-order valence-electron chi connectivity index (χ0n) is 3.42. The molecule has 48 valence electrons. The predicted octanol–water partition coefficient (Wildman–Crippen LogP) is -18.0. The molecule has 0 aliphatic heterocycles. The van der Waals surface area contributed by atoms with Gasteiger partial charge in [-0.3, -0.25) is 0 Å². The molecule has 8 heteroatoms. The van der Waals surface area contributed by atoms with E-state index in [2.05, 4.69) is 0 Å². The van der Waals surface area contributed by atoms with Crippen molar-refractivity contribution >= 4 is 0 Å². The molecule has 0 amide bonds. The minimum absolute atomic E-state index is 0. The maximum atomic E-state index is 0. The monoisotopic (exact) mass is 204 g/mol. The first-order chi connectivity index (χ1) is 0. The van der Waals surface area contributed by atoms with E-state index in [0.29, 0.717) is 0 Å². The molecule has 0 saturated carbocycles. The summed E-state index contributed by atoms with van der Waals surface area (Å²) in [6.07, 6.45) is 0. The zero-order valence-corrected chi connectivity index (χ0v) is 7.03. The van der Waals surface area contributed by atoms with Gasteiger partial charge in [0.15, 0.2) is 0 Å². The van der Waals surface area contributed by atoms with Gasteiger partial charge in [0.25, 0.3) is 0 Å². The maximum absolute atomic E-state index is 0. The van der Waals surface area contributed by atoms with Crippen LogP contribution in [-0.2, 0) is 51.7 Å². The molecule has 0 aromatic rings. The summed E-state index contributed by atoms with van der Waals surface area (Å²) < 4.78 is 0. The second-order valence-electron chi connectivity index (χ2n) is 0. The molecule has 0 radical (unpaired) electrons. The van der Waals surface area contributed by atoms with Gasteiger partial charge in [-0.25, -0.2) is 0 Å². The van der Waals surface area contributed by atoms with Crippen LogP contribution in [0.25, 0.3) is 0 Å². The Kier molecular flexibility index (Phi) is 11800. The summed E-state index contributed by atoms with van der Waals surface area (Å²) >= 11 is 0. The fourth-order valence-electron chi connectivity index (χ4n) is 0. The fraction of sp³-hybridized carbons (Fsp3) is 0. The van der Waals surface area contributed by atoms with Gasteiger partial charge in [-0.15, -0.1) is 0 Å². The third-order valence-corrected chi connectivity index (χ3v) is 0. The Labute approximate surface area is 79.6 Å².